The fourth-order valence-corrected chi connectivity index (χ4v) is 3.03. The Labute approximate surface area is 139 Å². The third-order valence-corrected chi connectivity index (χ3v) is 4.73. The molecule has 124 valence electrons. The van der Waals surface area contributed by atoms with E-state index in [-0.39, 0.29) is 0 Å². The minimum atomic E-state index is 0.700. The molecule has 0 fully saturated rings. The molecule has 2 aliphatic carbocycles. The number of rotatable bonds is 4. The van der Waals surface area contributed by atoms with Crippen molar-refractivity contribution in [2.24, 2.45) is 23.7 Å². The van der Waals surface area contributed by atoms with Crippen LogP contribution in [0, 0.1) is 23.7 Å². The van der Waals surface area contributed by atoms with Crippen LogP contribution in [0.25, 0.3) is 0 Å². The molecule has 0 bridgehead atoms. The monoisotopic (exact) mass is 300 g/mol. The van der Waals surface area contributed by atoms with Gasteiger partial charge in [0.15, 0.2) is 0 Å². The highest BCUT2D eigenvalue weighted by Gasteiger charge is 2.14. The van der Waals surface area contributed by atoms with E-state index in [9.17, 15) is 0 Å². The number of hydrogen-bond donors (Lipinski definition) is 0. The van der Waals surface area contributed by atoms with E-state index in [0.717, 1.165) is 17.8 Å². The van der Waals surface area contributed by atoms with Gasteiger partial charge in [-0.15, -0.1) is 0 Å². The molecule has 0 saturated heterocycles. The van der Waals surface area contributed by atoms with Crippen molar-refractivity contribution in [1.29, 1.82) is 0 Å². The molecule has 0 heteroatoms. The predicted octanol–water partition coefficient (Wildman–Crippen LogP) is 7.11. The van der Waals surface area contributed by atoms with Crippen molar-refractivity contribution in [2.75, 3.05) is 0 Å². The van der Waals surface area contributed by atoms with Gasteiger partial charge in [0.1, 0.15) is 0 Å². The lowest BCUT2D eigenvalue weighted by atomic mass is 9.93. The Morgan fingerprint density at radius 1 is 0.682 bits per heavy atom. The summed E-state index contributed by atoms with van der Waals surface area (Å²) in [6.45, 7) is 18.2. The van der Waals surface area contributed by atoms with E-state index in [2.05, 4.69) is 79.7 Å². The summed E-state index contributed by atoms with van der Waals surface area (Å²) in [6, 6.07) is 0. The van der Waals surface area contributed by atoms with Gasteiger partial charge in [0, 0.05) is 0 Å². The molecule has 0 amide bonds. The Hall–Kier alpha value is -1.04. The van der Waals surface area contributed by atoms with E-state index in [1.54, 1.807) is 22.3 Å². The van der Waals surface area contributed by atoms with Crippen LogP contribution >= 0.6 is 0 Å². The van der Waals surface area contributed by atoms with Gasteiger partial charge in [-0.05, 0) is 42.1 Å². The first-order valence-electron chi connectivity index (χ1n) is 9.03. The summed E-state index contributed by atoms with van der Waals surface area (Å²) in [4.78, 5) is 0. The highest BCUT2D eigenvalue weighted by atomic mass is 14.2. The normalized spacial score (nSPS) is 17.6. The zero-order chi connectivity index (χ0) is 16.9. The van der Waals surface area contributed by atoms with Gasteiger partial charge in [0.05, 0.1) is 0 Å². The molecule has 0 unspecified atom stereocenters. The average molecular weight is 301 g/mol. The molecule has 0 nitrogen and oxygen atoms in total. The van der Waals surface area contributed by atoms with Crippen LogP contribution in [0.5, 0.6) is 0 Å². The van der Waals surface area contributed by atoms with Crippen LogP contribution in [0.4, 0.5) is 0 Å². The van der Waals surface area contributed by atoms with Crippen molar-refractivity contribution in [3.8, 4) is 0 Å². The fraction of sp³-hybridized carbons (Fsp3) is 0.636. The van der Waals surface area contributed by atoms with E-state index in [1.165, 1.54) is 12.8 Å². The Balaban J connectivity index is 0.000000220. The second-order valence-corrected chi connectivity index (χ2v) is 7.87. The van der Waals surface area contributed by atoms with Crippen molar-refractivity contribution in [3.05, 3.63) is 46.6 Å². The van der Waals surface area contributed by atoms with Crippen LogP contribution in [-0.4, -0.2) is 0 Å². The van der Waals surface area contributed by atoms with E-state index in [0.29, 0.717) is 5.92 Å². The van der Waals surface area contributed by atoms with Crippen LogP contribution in [0.2, 0.25) is 0 Å². The van der Waals surface area contributed by atoms with Crippen molar-refractivity contribution in [1.82, 2.24) is 0 Å². The first-order chi connectivity index (χ1) is 10.2. The summed E-state index contributed by atoms with van der Waals surface area (Å²) >= 11 is 0. The molecule has 0 aliphatic heterocycles. The van der Waals surface area contributed by atoms with Crippen LogP contribution in [-0.2, 0) is 0 Å². The molecule has 0 aromatic heterocycles. The summed E-state index contributed by atoms with van der Waals surface area (Å²) in [7, 11) is 0. The zero-order valence-corrected chi connectivity index (χ0v) is 16.0. The molecule has 0 heterocycles. The predicted molar refractivity (Wildman–Crippen MR) is 101 cm³/mol. The van der Waals surface area contributed by atoms with Gasteiger partial charge in [-0.25, -0.2) is 0 Å². The van der Waals surface area contributed by atoms with Crippen LogP contribution in [0.3, 0.4) is 0 Å². The molecule has 0 aromatic rings. The highest BCUT2D eigenvalue weighted by Crippen LogP contribution is 2.30. The molecular formula is C22H36. The summed E-state index contributed by atoms with van der Waals surface area (Å²) in [5, 5.41) is 0. The standard InChI is InChI=1S/2C11H18/c1-8(2)10-5-6-11(7-10)9(3)4;1-8(2)10-6-5-7-11(10)9(3)4/h2*5-6,8-9H,7H2,1-4H3. The second kappa shape index (κ2) is 8.56. The average Bonchev–Trinajstić information content (AvgIpc) is 3.09. The van der Waals surface area contributed by atoms with Crippen molar-refractivity contribution < 1.29 is 0 Å². The summed E-state index contributed by atoms with van der Waals surface area (Å²) in [6.07, 6.45) is 11.6. The van der Waals surface area contributed by atoms with Crippen LogP contribution in [0.15, 0.2) is 46.6 Å². The fourth-order valence-electron chi connectivity index (χ4n) is 3.03. The molecule has 0 atom stereocenters. The quantitative estimate of drug-likeness (QED) is 0.519. The van der Waals surface area contributed by atoms with Crippen molar-refractivity contribution in [2.45, 2.75) is 68.2 Å². The molecule has 0 spiro atoms. The molecule has 0 N–H and O–H groups in total. The van der Waals surface area contributed by atoms with Gasteiger partial charge in [-0.3, -0.25) is 0 Å². The number of allylic oxidation sites excluding steroid dienone is 8. The number of hydrogen-bond acceptors (Lipinski definition) is 0. The van der Waals surface area contributed by atoms with Gasteiger partial charge in [0.25, 0.3) is 0 Å². The van der Waals surface area contributed by atoms with E-state index < -0.39 is 0 Å². The lowest BCUT2D eigenvalue weighted by molar-refractivity contribution is 0.696. The van der Waals surface area contributed by atoms with Gasteiger partial charge in [0.2, 0.25) is 0 Å². The third kappa shape index (κ3) is 5.30. The maximum atomic E-state index is 2.29. The second-order valence-electron chi connectivity index (χ2n) is 7.87. The van der Waals surface area contributed by atoms with Gasteiger partial charge in [-0.2, -0.15) is 0 Å². The Morgan fingerprint density at radius 2 is 1.18 bits per heavy atom. The SMILES string of the molecule is CC(C)C1=C(C(C)C)CC=C1.CC(C)C1=CC=C(C(C)C)C1. The summed E-state index contributed by atoms with van der Waals surface area (Å²) < 4.78 is 0. The zero-order valence-electron chi connectivity index (χ0n) is 16.0. The lowest BCUT2D eigenvalue weighted by Gasteiger charge is -2.13. The van der Waals surface area contributed by atoms with Crippen molar-refractivity contribution in [3.63, 3.8) is 0 Å². The molecule has 2 aliphatic rings. The molecular weight excluding hydrogens is 264 g/mol. The largest absolute Gasteiger partial charge is 0.0802 e. The van der Waals surface area contributed by atoms with Crippen LogP contribution in [0.1, 0.15) is 68.2 Å². The van der Waals surface area contributed by atoms with E-state index in [4.69, 9.17) is 0 Å². The first-order valence-corrected chi connectivity index (χ1v) is 9.03. The molecule has 0 aromatic carbocycles. The molecule has 0 saturated carbocycles. The first kappa shape index (κ1) is 19.0. The summed E-state index contributed by atoms with van der Waals surface area (Å²) in [5.41, 5.74) is 6.39. The Morgan fingerprint density at radius 3 is 1.45 bits per heavy atom. The van der Waals surface area contributed by atoms with Gasteiger partial charge in [-0.1, -0.05) is 96.4 Å². The smallest absolute Gasteiger partial charge is 0.00971 e. The highest BCUT2D eigenvalue weighted by molar-refractivity contribution is 5.36. The van der Waals surface area contributed by atoms with Crippen LogP contribution < -0.4 is 0 Å². The Kier molecular flexibility index (Phi) is 7.39. The maximum absolute atomic E-state index is 2.29. The third-order valence-electron chi connectivity index (χ3n) is 4.73. The van der Waals surface area contributed by atoms with Gasteiger partial charge >= 0.3 is 0 Å². The minimum Gasteiger partial charge on any atom is -0.0802 e. The Bertz CT molecular complexity index is 454. The molecule has 2 rings (SSSR count). The van der Waals surface area contributed by atoms with Crippen molar-refractivity contribution >= 4 is 0 Å². The maximum Gasteiger partial charge on any atom is -0.00971 e. The minimum absolute atomic E-state index is 0.700. The van der Waals surface area contributed by atoms with Gasteiger partial charge < -0.3 is 0 Å². The topological polar surface area (TPSA) is 0 Å². The molecule has 0 radical (unpaired) electrons. The summed E-state index contributed by atoms with van der Waals surface area (Å²) in [5.74, 6) is 2.87. The van der Waals surface area contributed by atoms with E-state index >= 15 is 0 Å². The lowest BCUT2D eigenvalue weighted by Crippen LogP contribution is -1.98. The molecule has 22 heavy (non-hydrogen) atoms. The van der Waals surface area contributed by atoms with E-state index in [1.807, 2.05) is 0 Å².